The first kappa shape index (κ1) is 19.5. The van der Waals surface area contributed by atoms with E-state index in [0.717, 1.165) is 24.9 Å². The lowest BCUT2D eigenvalue weighted by Gasteiger charge is -2.05. The lowest BCUT2D eigenvalue weighted by molar-refractivity contribution is 0.249. The number of nitrogens with zero attached hydrogens (tertiary/aromatic N) is 2. The molecule has 0 aliphatic heterocycles. The normalized spacial score (nSPS) is 11.5. The molecule has 1 aromatic heterocycles. The fraction of sp³-hybridized carbons (Fsp3) is 0.421. The molecule has 0 atom stereocenters. The highest BCUT2D eigenvalue weighted by atomic mass is 16.2. The predicted octanol–water partition coefficient (Wildman–Crippen LogP) is 3.21. The molecule has 140 valence electrons. The van der Waals surface area contributed by atoms with Gasteiger partial charge in [0.1, 0.15) is 0 Å². The lowest BCUT2D eigenvalue weighted by atomic mass is 10.0. The largest absolute Gasteiger partial charge is 0.350 e. The second kappa shape index (κ2) is 9.60. The van der Waals surface area contributed by atoms with Gasteiger partial charge in [0.05, 0.1) is 17.0 Å². The fourth-order valence-corrected chi connectivity index (χ4v) is 2.90. The summed E-state index contributed by atoms with van der Waals surface area (Å²) in [6.07, 6.45) is 6.06. The summed E-state index contributed by atoms with van der Waals surface area (Å²) in [6.45, 7) is 3.99. The van der Waals surface area contributed by atoms with Crippen molar-refractivity contribution in [3.63, 3.8) is 0 Å². The Bertz CT molecular complexity index is 805. The minimum absolute atomic E-state index is 0.188. The highest BCUT2D eigenvalue weighted by molar-refractivity contribution is 6.01. The summed E-state index contributed by atoms with van der Waals surface area (Å²) in [7, 11) is 0. The van der Waals surface area contributed by atoms with Gasteiger partial charge in [0.2, 0.25) is 0 Å². The van der Waals surface area contributed by atoms with Gasteiger partial charge in [0, 0.05) is 5.69 Å². The molecule has 7 nitrogen and oxygen atoms in total. The van der Waals surface area contributed by atoms with E-state index in [2.05, 4.69) is 22.5 Å². The molecule has 7 heteroatoms. The number of H-pyrrole nitrogens is 1. The quantitative estimate of drug-likeness (QED) is 0.364. The number of aromatic amines is 1. The molecule has 2 amide bonds. The highest BCUT2D eigenvalue weighted by Crippen LogP contribution is 2.13. The molecule has 0 aliphatic rings. The van der Waals surface area contributed by atoms with Gasteiger partial charge in [0.15, 0.2) is 0 Å². The van der Waals surface area contributed by atoms with Gasteiger partial charge in [-0.2, -0.15) is 5.10 Å². The Kier molecular flexibility index (Phi) is 7.20. The van der Waals surface area contributed by atoms with Gasteiger partial charge >= 0.3 is 6.03 Å². The number of benzene rings is 1. The molecule has 0 radical (unpaired) electrons. The molecule has 0 aliphatic carbocycles. The molecular formula is C19H27N5O2. The maximum atomic E-state index is 12.9. The Morgan fingerprint density at radius 3 is 2.54 bits per heavy atom. The van der Waals surface area contributed by atoms with Crippen molar-refractivity contribution in [1.29, 1.82) is 0 Å². The third kappa shape index (κ3) is 5.08. The summed E-state index contributed by atoms with van der Waals surface area (Å²) >= 11 is 0. The zero-order valence-corrected chi connectivity index (χ0v) is 15.4. The van der Waals surface area contributed by atoms with Gasteiger partial charge in [-0.05, 0) is 31.9 Å². The lowest BCUT2D eigenvalue weighted by Crippen LogP contribution is -2.28. The summed E-state index contributed by atoms with van der Waals surface area (Å²) in [5, 5.41) is 7.19. The van der Waals surface area contributed by atoms with E-state index in [1.165, 1.54) is 17.5 Å². The standard InChI is InChI=1S/C19H27N5O2/c1-3-4-5-6-10-13-16(21-22-19(20)26)17-14(2)23-24(18(17)25)15-11-8-7-9-12-15/h7-9,11-12,23H,3-6,10,13H2,1-2H3,(H3,20,22,26)/b21-16+. The van der Waals surface area contributed by atoms with E-state index in [-0.39, 0.29) is 5.56 Å². The molecule has 0 unspecified atom stereocenters. The predicted molar refractivity (Wildman–Crippen MR) is 104 cm³/mol. The zero-order valence-electron chi connectivity index (χ0n) is 15.4. The smallest absolute Gasteiger partial charge is 0.332 e. The van der Waals surface area contributed by atoms with Gasteiger partial charge in [-0.1, -0.05) is 50.8 Å². The van der Waals surface area contributed by atoms with Crippen molar-refractivity contribution in [2.75, 3.05) is 0 Å². The van der Waals surface area contributed by atoms with Gasteiger partial charge in [-0.3, -0.25) is 9.89 Å². The number of hydrogen-bond donors (Lipinski definition) is 3. The highest BCUT2D eigenvalue weighted by Gasteiger charge is 2.18. The van der Waals surface area contributed by atoms with Crippen LogP contribution in [0.3, 0.4) is 0 Å². The van der Waals surface area contributed by atoms with E-state index in [0.29, 0.717) is 23.4 Å². The SMILES string of the molecule is CCCCCCC/C(=N\NC(N)=O)c1c(C)[nH]n(-c2ccccc2)c1=O. The third-order valence-corrected chi connectivity index (χ3v) is 4.19. The number of carbonyl (C=O) groups excluding carboxylic acids is 1. The molecular weight excluding hydrogens is 330 g/mol. The third-order valence-electron chi connectivity index (χ3n) is 4.19. The number of hydrogen-bond acceptors (Lipinski definition) is 3. The van der Waals surface area contributed by atoms with E-state index in [9.17, 15) is 9.59 Å². The summed E-state index contributed by atoms with van der Waals surface area (Å²) in [4.78, 5) is 24.0. The first-order valence-electron chi connectivity index (χ1n) is 9.04. The van der Waals surface area contributed by atoms with Crippen LogP contribution in [0.25, 0.3) is 5.69 Å². The average Bonchev–Trinajstić information content (AvgIpc) is 2.93. The molecule has 26 heavy (non-hydrogen) atoms. The Labute approximate surface area is 153 Å². The van der Waals surface area contributed by atoms with Crippen LogP contribution in [0.1, 0.15) is 56.7 Å². The fourth-order valence-electron chi connectivity index (χ4n) is 2.90. The van der Waals surface area contributed by atoms with Crippen LogP contribution in [-0.4, -0.2) is 21.5 Å². The number of carbonyl (C=O) groups is 1. The molecule has 0 saturated heterocycles. The Morgan fingerprint density at radius 1 is 1.19 bits per heavy atom. The van der Waals surface area contributed by atoms with Crippen molar-refractivity contribution in [2.45, 2.75) is 52.4 Å². The topological polar surface area (TPSA) is 105 Å². The monoisotopic (exact) mass is 357 g/mol. The number of hydrazone groups is 1. The minimum Gasteiger partial charge on any atom is -0.350 e. The van der Waals surface area contributed by atoms with E-state index < -0.39 is 6.03 Å². The number of unbranched alkanes of at least 4 members (excludes halogenated alkanes) is 4. The second-order valence-corrected chi connectivity index (χ2v) is 6.29. The van der Waals surface area contributed by atoms with Crippen LogP contribution in [0, 0.1) is 6.92 Å². The van der Waals surface area contributed by atoms with Gasteiger partial charge in [-0.15, -0.1) is 0 Å². The van der Waals surface area contributed by atoms with Crippen LogP contribution < -0.4 is 16.7 Å². The molecule has 1 heterocycles. The van der Waals surface area contributed by atoms with Crippen LogP contribution in [0.15, 0.2) is 40.2 Å². The Balaban J connectivity index is 2.29. The molecule has 0 saturated carbocycles. The first-order valence-corrected chi connectivity index (χ1v) is 9.04. The second-order valence-electron chi connectivity index (χ2n) is 6.29. The van der Waals surface area contributed by atoms with Crippen molar-refractivity contribution in [2.24, 2.45) is 10.8 Å². The van der Waals surface area contributed by atoms with Crippen LogP contribution in [0.5, 0.6) is 0 Å². The van der Waals surface area contributed by atoms with Crippen LogP contribution in [0.2, 0.25) is 0 Å². The van der Waals surface area contributed by atoms with Crippen LogP contribution in [-0.2, 0) is 0 Å². The summed E-state index contributed by atoms with van der Waals surface area (Å²) < 4.78 is 1.49. The summed E-state index contributed by atoms with van der Waals surface area (Å²) in [5.74, 6) is 0. The number of amides is 2. The molecule has 2 aromatic rings. The Morgan fingerprint density at radius 2 is 1.88 bits per heavy atom. The van der Waals surface area contributed by atoms with Crippen molar-refractivity contribution in [3.8, 4) is 5.69 Å². The maximum Gasteiger partial charge on any atom is 0.332 e. The Hall–Kier alpha value is -2.83. The van der Waals surface area contributed by atoms with E-state index >= 15 is 0 Å². The molecule has 0 bridgehead atoms. The number of aryl methyl sites for hydroxylation is 1. The van der Waals surface area contributed by atoms with E-state index in [1.807, 2.05) is 37.3 Å². The molecule has 2 rings (SSSR count). The van der Waals surface area contributed by atoms with E-state index in [4.69, 9.17) is 5.73 Å². The number of rotatable bonds is 9. The maximum absolute atomic E-state index is 12.9. The zero-order chi connectivity index (χ0) is 18.9. The molecule has 1 aromatic carbocycles. The summed E-state index contributed by atoms with van der Waals surface area (Å²) in [6, 6.07) is 8.59. The van der Waals surface area contributed by atoms with Crippen molar-refractivity contribution < 1.29 is 4.79 Å². The number of para-hydroxylation sites is 1. The number of urea groups is 1. The van der Waals surface area contributed by atoms with Gasteiger partial charge < -0.3 is 5.73 Å². The number of primary amides is 1. The van der Waals surface area contributed by atoms with Crippen molar-refractivity contribution in [3.05, 3.63) is 51.9 Å². The minimum atomic E-state index is -0.745. The van der Waals surface area contributed by atoms with Crippen LogP contribution >= 0.6 is 0 Å². The molecule has 0 spiro atoms. The molecule has 4 N–H and O–H groups in total. The summed E-state index contributed by atoms with van der Waals surface area (Å²) in [5.41, 5.74) is 9.70. The number of aromatic nitrogens is 2. The van der Waals surface area contributed by atoms with E-state index in [1.54, 1.807) is 0 Å². The molecule has 0 fully saturated rings. The average molecular weight is 357 g/mol. The van der Waals surface area contributed by atoms with Gasteiger partial charge in [-0.25, -0.2) is 14.9 Å². The van der Waals surface area contributed by atoms with Gasteiger partial charge in [0.25, 0.3) is 5.56 Å². The van der Waals surface area contributed by atoms with Crippen LogP contribution in [0.4, 0.5) is 4.79 Å². The first-order chi connectivity index (χ1) is 12.5. The number of nitrogens with one attached hydrogen (secondary N) is 2. The number of nitrogens with two attached hydrogens (primary N) is 1. The van der Waals surface area contributed by atoms with Crippen molar-refractivity contribution >= 4 is 11.7 Å². The van der Waals surface area contributed by atoms with Crippen molar-refractivity contribution in [1.82, 2.24) is 15.2 Å².